The molecule has 238 valence electrons. The van der Waals surface area contributed by atoms with Gasteiger partial charge in [0.05, 0.1) is 12.1 Å². The molecule has 4 N–H and O–H groups in total. The van der Waals surface area contributed by atoms with Gasteiger partial charge in [-0.1, -0.05) is 27.7 Å². The highest BCUT2D eigenvalue weighted by atomic mass is 16.5. The zero-order valence-electron chi connectivity index (χ0n) is 26.4. The van der Waals surface area contributed by atoms with Crippen molar-refractivity contribution in [1.29, 1.82) is 0 Å². The second-order valence-electron chi connectivity index (χ2n) is 12.4. The lowest BCUT2D eigenvalue weighted by molar-refractivity contribution is -0.128. The minimum atomic E-state index is -1.28. The third kappa shape index (κ3) is 12.0. The van der Waals surface area contributed by atoms with Crippen LogP contribution in [0.4, 0.5) is 4.79 Å². The standard InChI is InChI=1S/C32H53N3O7/c1-20(2)26(30(37)24-15-22(5)34-25(16-24)9-7-8-12-41-6)17-28(35-32(39)40)29(36)18-27(21(3)4)31(38)33-19-23-10-13-42-14-11-23/h15-16,20-21,23,26-29,35-36H,7-14,17-19H2,1-6H3,(H,33,38)(H,39,40). The van der Waals surface area contributed by atoms with E-state index in [1.807, 2.05) is 40.7 Å². The number of nitrogens with one attached hydrogen (secondary N) is 2. The Kier molecular flexibility index (Phi) is 15.4. The van der Waals surface area contributed by atoms with Crippen LogP contribution in [0.2, 0.25) is 0 Å². The van der Waals surface area contributed by atoms with Crippen LogP contribution in [0.1, 0.15) is 88.0 Å². The average Bonchev–Trinajstić information content (AvgIpc) is 2.94. The maximum absolute atomic E-state index is 13.8. The fraction of sp³-hybridized carbons (Fsp3) is 0.750. The number of pyridine rings is 1. The number of hydrogen-bond acceptors (Lipinski definition) is 7. The first kappa shape index (κ1) is 35.6. The minimum absolute atomic E-state index is 0.0653. The number of aromatic nitrogens is 1. The van der Waals surface area contributed by atoms with E-state index in [4.69, 9.17) is 9.47 Å². The summed E-state index contributed by atoms with van der Waals surface area (Å²) in [7, 11) is 1.67. The van der Waals surface area contributed by atoms with Gasteiger partial charge in [-0.15, -0.1) is 0 Å². The Hall–Kier alpha value is -2.56. The van der Waals surface area contributed by atoms with Crippen LogP contribution in [0.5, 0.6) is 0 Å². The fourth-order valence-electron chi connectivity index (χ4n) is 5.63. The molecule has 2 heterocycles. The van der Waals surface area contributed by atoms with E-state index in [1.54, 1.807) is 13.2 Å². The van der Waals surface area contributed by atoms with Gasteiger partial charge < -0.3 is 30.3 Å². The monoisotopic (exact) mass is 591 g/mol. The van der Waals surface area contributed by atoms with Crippen molar-refractivity contribution < 1.29 is 34.1 Å². The second kappa shape index (κ2) is 18.2. The molecule has 0 aliphatic carbocycles. The molecule has 2 rings (SSSR count). The van der Waals surface area contributed by atoms with Crippen LogP contribution in [0, 0.1) is 36.5 Å². The molecule has 2 amide bonds. The van der Waals surface area contributed by atoms with Crippen LogP contribution < -0.4 is 10.6 Å². The molecule has 10 nitrogen and oxygen atoms in total. The Balaban J connectivity index is 2.17. The highest BCUT2D eigenvalue weighted by Gasteiger charge is 2.35. The average molecular weight is 592 g/mol. The Bertz CT molecular complexity index is 994. The molecule has 10 heteroatoms. The van der Waals surface area contributed by atoms with Gasteiger partial charge in [-0.05, 0) is 81.8 Å². The molecule has 42 heavy (non-hydrogen) atoms. The lowest BCUT2D eigenvalue weighted by Crippen LogP contribution is -2.48. The number of aryl methyl sites for hydroxylation is 2. The normalized spacial score (nSPS) is 17.1. The van der Waals surface area contributed by atoms with Crippen LogP contribution in [0.3, 0.4) is 0 Å². The molecular formula is C32H53N3O7. The van der Waals surface area contributed by atoms with Crippen molar-refractivity contribution in [3.05, 3.63) is 29.1 Å². The van der Waals surface area contributed by atoms with Gasteiger partial charge in [-0.2, -0.15) is 0 Å². The van der Waals surface area contributed by atoms with Crippen molar-refractivity contribution in [1.82, 2.24) is 15.6 Å². The van der Waals surface area contributed by atoms with Crippen LogP contribution >= 0.6 is 0 Å². The molecule has 1 fully saturated rings. The van der Waals surface area contributed by atoms with Gasteiger partial charge in [0.15, 0.2) is 5.78 Å². The summed E-state index contributed by atoms with van der Waals surface area (Å²) in [5.41, 5.74) is 2.12. The smallest absolute Gasteiger partial charge is 0.404 e. The number of carbonyl (C=O) groups is 3. The number of aliphatic hydroxyl groups is 1. The topological polar surface area (TPSA) is 147 Å². The van der Waals surface area contributed by atoms with E-state index in [0.717, 1.165) is 43.5 Å². The first-order valence-electron chi connectivity index (χ1n) is 15.5. The number of ether oxygens (including phenoxy) is 2. The number of aliphatic hydroxyl groups excluding tert-OH is 1. The summed E-state index contributed by atoms with van der Waals surface area (Å²) >= 11 is 0. The van der Waals surface area contributed by atoms with Crippen molar-refractivity contribution in [3.63, 3.8) is 0 Å². The van der Waals surface area contributed by atoms with E-state index in [9.17, 15) is 24.6 Å². The molecule has 0 bridgehead atoms. The Morgan fingerprint density at radius 2 is 1.71 bits per heavy atom. The number of methoxy groups -OCH3 is 1. The predicted octanol–water partition coefficient (Wildman–Crippen LogP) is 4.41. The van der Waals surface area contributed by atoms with E-state index >= 15 is 0 Å². The van der Waals surface area contributed by atoms with Crippen molar-refractivity contribution in [2.24, 2.45) is 29.6 Å². The summed E-state index contributed by atoms with van der Waals surface area (Å²) in [6, 6.07) is 2.68. The van der Waals surface area contributed by atoms with Gasteiger partial charge in [-0.3, -0.25) is 14.6 Å². The number of unbranched alkanes of at least 4 members (excludes halogenated alkanes) is 1. The fourth-order valence-corrected chi connectivity index (χ4v) is 5.63. The molecule has 0 spiro atoms. The quantitative estimate of drug-likeness (QED) is 0.145. The van der Waals surface area contributed by atoms with Gasteiger partial charge in [-0.25, -0.2) is 4.79 Å². The Morgan fingerprint density at radius 3 is 2.31 bits per heavy atom. The molecule has 1 aliphatic rings. The molecular weight excluding hydrogens is 538 g/mol. The molecule has 1 saturated heterocycles. The van der Waals surface area contributed by atoms with Gasteiger partial charge in [0.2, 0.25) is 5.91 Å². The number of carbonyl (C=O) groups excluding carboxylic acids is 2. The lowest BCUT2D eigenvalue weighted by Gasteiger charge is -2.31. The van der Waals surface area contributed by atoms with Crippen molar-refractivity contribution in [2.45, 2.75) is 91.7 Å². The number of amides is 2. The molecule has 4 unspecified atom stereocenters. The molecule has 0 aromatic carbocycles. The molecule has 4 atom stereocenters. The van der Waals surface area contributed by atoms with Crippen LogP contribution in [0.25, 0.3) is 0 Å². The van der Waals surface area contributed by atoms with E-state index in [-0.39, 0.29) is 36.4 Å². The number of nitrogens with zero attached hydrogens (tertiary/aromatic N) is 1. The first-order chi connectivity index (χ1) is 19.9. The zero-order chi connectivity index (χ0) is 31.2. The van der Waals surface area contributed by atoms with E-state index in [2.05, 4.69) is 15.6 Å². The van der Waals surface area contributed by atoms with Gasteiger partial charge in [0, 0.05) is 62.3 Å². The van der Waals surface area contributed by atoms with Gasteiger partial charge in [0.1, 0.15) is 0 Å². The number of carboxylic acid groups (broad SMARTS) is 1. The Morgan fingerprint density at radius 1 is 1.05 bits per heavy atom. The highest BCUT2D eigenvalue weighted by Crippen LogP contribution is 2.27. The molecule has 1 aromatic heterocycles. The van der Waals surface area contributed by atoms with E-state index in [1.165, 1.54) is 0 Å². The van der Waals surface area contributed by atoms with Crippen molar-refractivity contribution in [2.75, 3.05) is 33.5 Å². The summed E-state index contributed by atoms with van der Waals surface area (Å²) in [5.74, 6) is -1.11. The maximum Gasteiger partial charge on any atom is 0.404 e. The maximum atomic E-state index is 13.8. The summed E-state index contributed by atoms with van der Waals surface area (Å²) in [6.45, 7) is 12.2. The summed E-state index contributed by atoms with van der Waals surface area (Å²) < 4.78 is 10.5. The SMILES string of the molecule is COCCCCc1cc(C(=O)C(CC(NC(=O)O)C(O)CC(C(=O)NCC2CCOCC2)C(C)C)C(C)C)cc(C)n1. The molecule has 0 saturated carbocycles. The molecule has 1 aliphatic heterocycles. The number of rotatable bonds is 18. The highest BCUT2D eigenvalue weighted by molar-refractivity contribution is 5.98. The summed E-state index contributed by atoms with van der Waals surface area (Å²) in [6.07, 6.45) is 2.09. The third-order valence-electron chi connectivity index (χ3n) is 8.29. The first-order valence-corrected chi connectivity index (χ1v) is 15.5. The second-order valence-corrected chi connectivity index (χ2v) is 12.4. The lowest BCUT2D eigenvalue weighted by atomic mass is 9.79. The van der Waals surface area contributed by atoms with E-state index < -0.39 is 30.1 Å². The Labute approximate surface area is 251 Å². The largest absolute Gasteiger partial charge is 0.465 e. The van der Waals surface area contributed by atoms with Crippen LogP contribution in [-0.2, 0) is 20.7 Å². The molecule has 1 aromatic rings. The summed E-state index contributed by atoms with van der Waals surface area (Å²) in [4.78, 5) is 43.3. The van der Waals surface area contributed by atoms with Crippen LogP contribution in [-0.4, -0.2) is 78.6 Å². The minimum Gasteiger partial charge on any atom is -0.465 e. The van der Waals surface area contributed by atoms with Crippen LogP contribution in [0.15, 0.2) is 12.1 Å². The number of ketones is 1. The number of Topliss-reactive ketones (excluding diaryl/α,β-unsaturated/α-hetero) is 1. The van der Waals surface area contributed by atoms with Gasteiger partial charge >= 0.3 is 6.09 Å². The van der Waals surface area contributed by atoms with Gasteiger partial charge in [0.25, 0.3) is 0 Å². The van der Waals surface area contributed by atoms with Crippen molar-refractivity contribution >= 4 is 17.8 Å². The van der Waals surface area contributed by atoms with Crippen molar-refractivity contribution in [3.8, 4) is 0 Å². The third-order valence-corrected chi connectivity index (χ3v) is 8.29. The zero-order valence-corrected chi connectivity index (χ0v) is 26.4. The summed E-state index contributed by atoms with van der Waals surface area (Å²) in [5, 5.41) is 26.4. The van der Waals surface area contributed by atoms with E-state index in [0.29, 0.717) is 37.8 Å². The molecule has 0 radical (unpaired) electrons. The predicted molar refractivity (Wildman–Crippen MR) is 162 cm³/mol. The number of hydrogen-bond donors (Lipinski definition) is 4.